The van der Waals surface area contributed by atoms with E-state index in [1.54, 1.807) is 0 Å². The van der Waals surface area contributed by atoms with Crippen molar-refractivity contribution in [2.24, 2.45) is 17.8 Å². The van der Waals surface area contributed by atoms with E-state index < -0.39 is 0 Å². The number of nitrogens with zero attached hydrogens (tertiary/aromatic N) is 1. The van der Waals surface area contributed by atoms with Crippen molar-refractivity contribution in [1.29, 1.82) is 0 Å². The second kappa shape index (κ2) is 12.2. The van der Waals surface area contributed by atoms with E-state index >= 15 is 0 Å². The van der Waals surface area contributed by atoms with Gasteiger partial charge in [-0.2, -0.15) is 0 Å². The lowest BCUT2D eigenvalue weighted by atomic mass is 9.89. The van der Waals surface area contributed by atoms with Crippen molar-refractivity contribution in [2.75, 3.05) is 19.8 Å². The zero-order valence-electron chi connectivity index (χ0n) is 21.0. The number of aliphatic hydroxyl groups excluding tert-OH is 1. The molecule has 0 heterocycles. The number of ether oxygens (including phenoxy) is 1. The third-order valence-corrected chi connectivity index (χ3v) is 7.31. The molecule has 1 fully saturated rings. The zero-order valence-corrected chi connectivity index (χ0v) is 21.0. The van der Waals surface area contributed by atoms with Crippen molar-refractivity contribution in [1.82, 2.24) is 4.90 Å². The first kappa shape index (κ1) is 25.2. The first-order valence-electron chi connectivity index (χ1n) is 12.8. The number of benzene rings is 1. The van der Waals surface area contributed by atoms with Crippen LogP contribution in [0.3, 0.4) is 0 Å². The van der Waals surface area contributed by atoms with Crippen molar-refractivity contribution in [3.63, 3.8) is 0 Å². The fourth-order valence-electron chi connectivity index (χ4n) is 5.75. The van der Waals surface area contributed by atoms with Crippen LogP contribution in [0.25, 0.3) is 0 Å². The molecule has 0 spiro atoms. The molecule has 1 N–H and O–H groups in total. The van der Waals surface area contributed by atoms with E-state index in [1.807, 2.05) is 0 Å². The third kappa shape index (κ3) is 7.04. The van der Waals surface area contributed by atoms with Crippen molar-refractivity contribution < 1.29 is 9.84 Å². The van der Waals surface area contributed by atoms with Crippen LogP contribution in [0.5, 0.6) is 0 Å². The van der Waals surface area contributed by atoms with Gasteiger partial charge >= 0.3 is 0 Å². The number of rotatable bonds is 12. The maximum absolute atomic E-state index is 10.6. The molecule has 0 unspecified atom stereocenters. The van der Waals surface area contributed by atoms with E-state index in [2.05, 4.69) is 82.0 Å². The second-order valence-corrected chi connectivity index (χ2v) is 10.5. The topological polar surface area (TPSA) is 32.7 Å². The quantitative estimate of drug-likeness (QED) is 0.322. The molecule has 2 aliphatic rings. The van der Waals surface area contributed by atoms with E-state index in [9.17, 15) is 5.11 Å². The molecule has 4 atom stereocenters. The average molecular weight is 440 g/mol. The molecule has 3 nitrogen and oxygen atoms in total. The maximum Gasteiger partial charge on any atom is 0.0676 e. The van der Waals surface area contributed by atoms with Crippen LogP contribution in [0.2, 0.25) is 0 Å². The first-order valence-corrected chi connectivity index (χ1v) is 12.8. The van der Waals surface area contributed by atoms with Gasteiger partial charge < -0.3 is 9.84 Å². The molecule has 2 aliphatic carbocycles. The summed E-state index contributed by atoms with van der Waals surface area (Å²) in [7, 11) is 0. The highest BCUT2D eigenvalue weighted by Gasteiger charge is 2.43. The molecule has 1 saturated carbocycles. The van der Waals surface area contributed by atoms with Gasteiger partial charge in [-0.25, -0.2) is 0 Å². The fraction of sp³-hybridized carbons (Fsp3) is 0.655. The van der Waals surface area contributed by atoms with Crippen LogP contribution >= 0.6 is 0 Å². The van der Waals surface area contributed by atoms with Gasteiger partial charge in [0.15, 0.2) is 0 Å². The van der Waals surface area contributed by atoms with E-state index in [0.29, 0.717) is 23.9 Å². The van der Waals surface area contributed by atoms with E-state index in [0.717, 1.165) is 51.9 Å². The van der Waals surface area contributed by atoms with E-state index in [1.165, 1.54) is 16.7 Å². The summed E-state index contributed by atoms with van der Waals surface area (Å²) in [4.78, 5) is 2.53. The summed E-state index contributed by atoms with van der Waals surface area (Å²) in [5.74, 6) is 1.36. The Balaban J connectivity index is 1.39. The zero-order chi connectivity index (χ0) is 23.1. The molecule has 0 aromatic heterocycles. The summed E-state index contributed by atoms with van der Waals surface area (Å²) >= 11 is 0. The molecule has 178 valence electrons. The van der Waals surface area contributed by atoms with Crippen LogP contribution in [0.4, 0.5) is 0 Å². The monoisotopic (exact) mass is 439 g/mol. The Bertz CT molecular complexity index is 758. The standard InChI is InChI=1S/C29H45NO2/c1-21(2)30(22(3)4)14-9-15-32-20-25-17-26-19-29(31)27(28(26)18-25)13-7-6-11-24-12-8-10-23(5)16-24/h7-8,10,12-13,16-17,21-22,26-29,31H,6,9,11,14-15,18-20H2,1-5H3/b13-7+/t26-,27+,28-,29+/m0/s1. The normalized spacial score (nSPS) is 25.5. The average Bonchev–Trinajstić information content (AvgIpc) is 3.24. The first-order chi connectivity index (χ1) is 15.3. The Morgan fingerprint density at radius 3 is 2.69 bits per heavy atom. The highest BCUT2D eigenvalue weighted by Crippen LogP contribution is 2.47. The van der Waals surface area contributed by atoms with Gasteiger partial charge in [0.1, 0.15) is 0 Å². The van der Waals surface area contributed by atoms with Crippen molar-refractivity contribution in [3.05, 3.63) is 59.2 Å². The summed E-state index contributed by atoms with van der Waals surface area (Å²) in [5, 5.41) is 10.6. The molecule has 0 saturated heterocycles. The minimum atomic E-state index is -0.197. The highest BCUT2D eigenvalue weighted by molar-refractivity contribution is 5.23. The molecule has 0 radical (unpaired) electrons. The minimum Gasteiger partial charge on any atom is -0.392 e. The van der Waals surface area contributed by atoms with Crippen molar-refractivity contribution in [3.8, 4) is 0 Å². The van der Waals surface area contributed by atoms with Gasteiger partial charge in [0.2, 0.25) is 0 Å². The molecule has 3 rings (SSSR count). The summed E-state index contributed by atoms with van der Waals surface area (Å²) in [6.07, 6.45) is 12.0. The Labute approximate surface area is 196 Å². The summed E-state index contributed by atoms with van der Waals surface area (Å²) in [6.45, 7) is 13.9. The predicted octanol–water partition coefficient (Wildman–Crippen LogP) is 5.95. The molecule has 1 aromatic rings. The lowest BCUT2D eigenvalue weighted by Gasteiger charge is -2.30. The number of allylic oxidation sites excluding steroid dienone is 2. The number of hydrogen-bond donors (Lipinski definition) is 1. The second-order valence-electron chi connectivity index (χ2n) is 10.5. The fourth-order valence-corrected chi connectivity index (χ4v) is 5.75. The third-order valence-electron chi connectivity index (χ3n) is 7.31. The molecule has 0 amide bonds. The van der Waals surface area contributed by atoms with Crippen LogP contribution in [-0.2, 0) is 11.2 Å². The molecule has 1 aromatic carbocycles. The lowest BCUT2D eigenvalue weighted by Crippen LogP contribution is -2.38. The van der Waals surface area contributed by atoms with Gasteiger partial charge in [-0.1, -0.05) is 48.1 Å². The number of hydrogen-bond acceptors (Lipinski definition) is 3. The van der Waals surface area contributed by atoms with E-state index in [4.69, 9.17) is 4.74 Å². The number of fused-ring (bicyclic) bond motifs is 1. The smallest absolute Gasteiger partial charge is 0.0676 e. The molecule has 0 bridgehead atoms. The Morgan fingerprint density at radius 1 is 1.19 bits per heavy atom. The maximum atomic E-state index is 10.6. The molecule has 0 aliphatic heterocycles. The van der Waals surface area contributed by atoms with Gasteiger partial charge in [-0.15, -0.1) is 0 Å². The predicted molar refractivity (Wildman–Crippen MR) is 135 cm³/mol. The minimum absolute atomic E-state index is 0.197. The lowest BCUT2D eigenvalue weighted by molar-refractivity contribution is 0.115. The Kier molecular flexibility index (Phi) is 9.58. The summed E-state index contributed by atoms with van der Waals surface area (Å²) in [5.41, 5.74) is 4.16. The van der Waals surface area contributed by atoms with Gasteiger partial charge in [0.25, 0.3) is 0 Å². The van der Waals surface area contributed by atoms with Crippen LogP contribution in [0, 0.1) is 24.7 Å². The van der Waals surface area contributed by atoms with Crippen LogP contribution in [-0.4, -0.2) is 48.0 Å². The van der Waals surface area contributed by atoms with Crippen molar-refractivity contribution in [2.45, 2.75) is 84.9 Å². The van der Waals surface area contributed by atoms with Crippen LogP contribution in [0.15, 0.2) is 48.1 Å². The largest absolute Gasteiger partial charge is 0.392 e. The Morgan fingerprint density at radius 2 is 1.97 bits per heavy atom. The summed E-state index contributed by atoms with van der Waals surface area (Å²) < 4.78 is 6.04. The molecular formula is C29H45NO2. The van der Waals surface area contributed by atoms with Crippen molar-refractivity contribution >= 4 is 0 Å². The van der Waals surface area contributed by atoms with Crippen LogP contribution < -0.4 is 0 Å². The number of aliphatic hydroxyl groups is 1. The Hall–Kier alpha value is -1.42. The van der Waals surface area contributed by atoms with E-state index in [-0.39, 0.29) is 12.0 Å². The van der Waals surface area contributed by atoms with Gasteiger partial charge in [0, 0.05) is 31.2 Å². The van der Waals surface area contributed by atoms with Gasteiger partial charge in [0.05, 0.1) is 12.7 Å². The van der Waals surface area contributed by atoms with Gasteiger partial charge in [-0.3, -0.25) is 4.90 Å². The summed E-state index contributed by atoms with van der Waals surface area (Å²) in [6, 6.07) is 9.93. The highest BCUT2D eigenvalue weighted by atomic mass is 16.5. The van der Waals surface area contributed by atoms with Crippen LogP contribution in [0.1, 0.15) is 64.5 Å². The van der Waals surface area contributed by atoms with Gasteiger partial charge in [-0.05, 0) is 89.7 Å². The molecule has 32 heavy (non-hydrogen) atoms. The molecule has 3 heteroatoms. The molecular weight excluding hydrogens is 394 g/mol. The SMILES string of the molecule is Cc1cccc(CC/C=C/[C@@H]2[C@H]3CC(COCCCN(C(C)C)C(C)C)=C[C@H]3C[C@H]2O)c1. The number of aryl methyl sites for hydroxylation is 2.